The van der Waals surface area contributed by atoms with Crippen LogP contribution in [0.5, 0.6) is 0 Å². The quantitative estimate of drug-likeness (QED) is 0.831. The van der Waals surface area contributed by atoms with Crippen molar-refractivity contribution in [2.45, 2.75) is 45.0 Å². The Hall–Kier alpha value is -1.48. The van der Waals surface area contributed by atoms with Gasteiger partial charge in [0, 0.05) is 17.0 Å². The Morgan fingerprint density at radius 3 is 2.27 bits per heavy atom. The highest BCUT2D eigenvalue weighted by atomic mass is 32.2. The third-order valence-corrected chi connectivity index (χ3v) is 5.34. The van der Waals surface area contributed by atoms with Gasteiger partial charge in [-0.1, -0.05) is 34.6 Å². The van der Waals surface area contributed by atoms with E-state index in [-0.39, 0.29) is 16.2 Å². The van der Waals surface area contributed by atoms with Gasteiger partial charge < -0.3 is 5.32 Å². The molecule has 1 unspecified atom stereocenters. The van der Waals surface area contributed by atoms with Crippen LogP contribution in [0.4, 0.5) is 0 Å². The number of carbonyl (C=O) groups is 2. The first kappa shape index (κ1) is 18.6. The average Bonchev–Trinajstić information content (AvgIpc) is 2.87. The molecule has 124 valence electrons. The van der Waals surface area contributed by atoms with Crippen molar-refractivity contribution < 1.29 is 18.0 Å². The number of hydrogen-bond donors (Lipinski definition) is 2. The van der Waals surface area contributed by atoms with Crippen LogP contribution in [0.15, 0.2) is 15.9 Å². The molecular formula is C13H21N3O4S2. The Morgan fingerprint density at radius 2 is 1.86 bits per heavy atom. The van der Waals surface area contributed by atoms with E-state index >= 15 is 0 Å². The monoisotopic (exact) mass is 347 g/mol. The van der Waals surface area contributed by atoms with Crippen LogP contribution in [0, 0.1) is 11.3 Å². The minimum absolute atomic E-state index is 0.189. The van der Waals surface area contributed by atoms with E-state index in [2.05, 4.69) is 10.3 Å². The number of hydrogen-bond acceptors (Lipinski definition) is 6. The number of sulfonamides is 1. The fraction of sp³-hybridized carbons (Fsp3) is 0.615. The van der Waals surface area contributed by atoms with Crippen LogP contribution in [0.3, 0.4) is 0 Å². The van der Waals surface area contributed by atoms with E-state index in [1.807, 2.05) is 4.72 Å². The highest BCUT2D eigenvalue weighted by molar-refractivity contribution is 7.92. The van der Waals surface area contributed by atoms with E-state index in [4.69, 9.17) is 0 Å². The van der Waals surface area contributed by atoms with Crippen LogP contribution in [-0.4, -0.2) is 31.3 Å². The lowest BCUT2D eigenvalue weighted by Gasteiger charge is -2.25. The number of nitrogens with zero attached hydrogens (tertiary/aromatic N) is 1. The van der Waals surface area contributed by atoms with Crippen LogP contribution < -0.4 is 10.0 Å². The van der Waals surface area contributed by atoms with Crippen molar-refractivity contribution in [3.05, 3.63) is 11.6 Å². The van der Waals surface area contributed by atoms with E-state index < -0.39 is 27.4 Å². The molecule has 1 aromatic rings. The second-order valence-corrected chi connectivity index (χ2v) is 8.96. The zero-order valence-electron chi connectivity index (χ0n) is 13.2. The van der Waals surface area contributed by atoms with Gasteiger partial charge in [0.05, 0.1) is 0 Å². The fourth-order valence-electron chi connectivity index (χ4n) is 1.48. The predicted octanol–water partition coefficient (Wildman–Crippen LogP) is 1.13. The molecule has 1 rings (SSSR count). The summed E-state index contributed by atoms with van der Waals surface area (Å²) >= 11 is 0.909. The molecule has 1 atom stereocenters. The number of aromatic nitrogens is 1. The fourth-order valence-corrected chi connectivity index (χ4v) is 3.31. The molecule has 0 aliphatic carbocycles. The Kier molecular flexibility index (Phi) is 5.69. The number of rotatable bonds is 5. The molecule has 2 amide bonds. The van der Waals surface area contributed by atoms with Crippen molar-refractivity contribution in [3.8, 4) is 0 Å². The maximum Gasteiger partial charge on any atom is 0.291 e. The van der Waals surface area contributed by atoms with E-state index in [1.54, 1.807) is 34.6 Å². The topological polar surface area (TPSA) is 105 Å². The second kappa shape index (κ2) is 6.74. The van der Waals surface area contributed by atoms with Gasteiger partial charge in [0.15, 0.2) is 0 Å². The van der Waals surface area contributed by atoms with Crippen LogP contribution in [0.25, 0.3) is 0 Å². The van der Waals surface area contributed by atoms with Crippen LogP contribution in [-0.2, 0) is 19.6 Å². The molecule has 0 aliphatic heterocycles. The predicted molar refractivity (Wildman–Crippen MR) is 83.7 cm³/mol. The Bertz CT molecular complexity index is 631. The summed E-state index contributed by atoms with van der Waals surface area (Å²) in [4.78, 5) is 27.9. The van der Waals surface area contributed by atoms with Crippen LogP contribution >= 0.6 is 11.3 Å². The highest BCUT2D eigenvalue weighted by Gasteiger charge is 2.32. The van der Waals surface area contributed by atoms with Crippen LogP contribution in [0.2, 0.25) is 0 Å². The van der Waals surface area contributed by atoms with Crippen LogP contribution in [0.1, 0.15) is 34.6 Å². The molecule has 2 N–H and O–H groups in total. The Morgan fingerprint density at radius 1 is 1.27 bits per heavy atom. The zero-order valence-corrected chi connectivity index (χ0v) is 14.8. The minimum Gasteiger partial charge on any atom is -0.344 e. The molecule has 0 bridgehead atoms. The third kappa shape index (κ3) is 4.77. The molecule has 0 spiro atoms. The van der Waals surface area contributed by atoms with Gasteiger partial charge in [-0.05, 0) is 5.92 Å². The minimum atomic E-state index is -4.01. The zero-order chi connectivity index (χ0) is 17.1. The van der Waals surface area contributed by atoms with Gasteiger partial charge in [0.1, 0.15) is 6.04 Å². The first-order valence-corrected chi connectivity index (χ1v) is 9.08. The molecule has 0 aliphatic rings. The SMILES string of the molecule is CC(C)C(NC(=O)C(C)(C)C)C(=O)NS(=O)(=O)c1nccs1. The number of nitrogens with one attached hydrogen (secondary N) is 2. The molecule has 22 heavy (non-hydrogen) atoms. The molecule has 0 saturated heterocycles. The lowest BCUT2D eigenvalue weighted by molar-refractivity contribution is -0.133. The van der Waals surface area contributed by atoms with Gasteiger partial charge in [0.25, 0.3) is 15.9 Å². The third-order valence-electron chi connectivity index (χ3n) is 2.79. The summed E-state index contributed by atoms with van der Waals surface area (Å²) in [7, 11) is -4.01. The summed E-state index contributed by atoms with van der Waals surface area (Å²) in [6.07, 6.45) is 1.34. The second-order valence-electron chi connectivity index (χ2n) is 6.21. The maximum atomic E-state index is 12.2. The standard InChI is InChI=1S/C13H21N3O4S2/c1-8(2)9(15-11(18)13(3,4)5)10(17)16-22(19,20)12-14-6-7-21-12/h6-9H,1-5H3,(H,15,18)(H,16,17). The van der Waals surface area contributed by atoms with Crippen molar-refractivity contribution in [3.63, 3.8) is 0 Å². The van der Waals surface area contributed by atoms with E-state index in [0.717, 1.165) is 11.3 Å². The maximum absolute atomic E-state index is 12.2. The van der Waals surface area contributed by atoms with Gasteiger partial charge in [-0.25, -0.2) is 9.71 Å². The van der Waals surface area contributed by atoms with E-state index in [0.29, 0.717) is 0 Å². The normalized spacial score (nSPS) is 13.7. The Balaban J connectivity index is 2.89. The average molecular weight is 347 g/mol. The van der Waals surface area contributed by atoms with Crippen molar-refractivity contribution in [2.24, 2.45) is 11.3 Å². The van der Waals surface area contributed by atoms with Crippen molar-refractivity contribution in [2.75, 3.05) is 0 Å². The first-order valence-electron chi connectivity index (χ1n) is 6.72. The molecule has 0 saturated carbocycles. The number of carbonyl (C=O) groups excluding carboxylic acids is 2. The summed E-state index contributed by atoms with van der Waals surface area (Å²) in [5.41, 5.74) is -0.679. The van der Waals surface area contributed by atoms with E-state index in [1.165, 1.54) is 11.6 Å². The molecule has 0 fully saturated rings. The molecule has 9 heteroatoms. The number of amides is 2. The summed E-state index contributed by atoms with van der Waals surface area (Å²) in [6.45, 7) is 8.59. The van der Waals surface area contributed by atoms with Gasteiger partial charge in [-0.15, -0.1) is 11.3 Å². The number of thiazole rings is 1. The molecule has 1 heterocycles. The molecule has 1 aromatic heterocycles. The largest absolute Gasteiger partial charge is 0.344 e. The molecule has 7 nitrogen and oxygen atoms in total. The summed E-state index contributed by atoms with van der Waals surface area (Å²) in [5.74, 6) is -1.37. The van der Waals surface area contributed by atoms with Gasteiger partial charge in [0.2, 0.25) is 10.2 Å². The van der Waals surface area contributed by atoms with Gasteiger partial charge in [-0.3, -0.25) is 9.59 Å². The van der Waals surface area contributed by atoms with Crippen molar-refractivity contribution in [1.29, 1.82) is 0 Å². The lowest BCUT2D eigenvalue weighted by atomic mass is 9.94. The molecular weight excluding hydrogens is 326 g/mol. The van der Waals surface area contributed by atoms with Crippen molar-refractivity contribution >= 4 is 33.2 Å². The smallest absolute Gasteiger partial charge is 0.291 e. The highest BCUT2D eigenvalue weighted by Crippen LogP contribution is 2.16. The van der Waals surface area contributed by atoms with Gasteiger partial charge >= 0.3 is 0 Å². The van der Waals surface area contributed by atoms with Gasteiger partial charge in [-0.2, -0.15) is 8.42 Å². The lowest BCUT2D eigenvalue weighted by Crippen LogP contribution is -2.53. The van der Waals surface area contributed by atoms with E-state index in [9.17, 15) is 18.0 Å². The summed E-state index contributed by atoms with van der Waals surface area (Å²) in [6, 6.07) is -0.943. The Labute approximate surface area is 134 Å². The van der Waals surface area contributed by atoms with Crippen molar-refractivity contribution in [1.82, 2.24) is 15.0 Å². The first-order chi connectivity index (χ1) is 9.95. The summed E-state index contributed by atoms with van der Waals surface area (Å²) in [5, 5.41) is 4.09. The molecule has 0 radical (unpaired) electrons. The summed E-state index contributed by atoms with van der Waals surface area (Å²) < 4.78 is 25.8. The molecule has 0 aromatic carbocycles.